The second-order valence-electron chi connectivity index (χ2n) is 6.74. The molecule has 2 amide bonds. The lowest BCUT2D eigenvalue weighted by molar-refractivity contribution is -0.128. The van der Waals surface area contributed by atoms with Crippen LogP contribution < -0.4 is 20.1 Å². The maximum atomic E-state index is 12.5. The van der Waals surface area contributed by atoms with Gasteiger partial charge in [0.2, 0.25) is 11.8 Å². The summed E-state index contributed by atoms with van der Waals surface area (Å²) >= 11 is 0. The monoisotopic (exact) mass is 378 g/mol. The first-order valence-electron chi connectivity index (χ1n) is 9.38. The molecule has 0 spiro atoms. The number of methoxy groups -OCH3 is 3. The Morgan fingerprint density at radius 3 is 2.19 bits per heavy atom. The Morgan fingerprint density at radius 2 is 1.59 bits per heavy atom. The molecule has 0 bridgehead atoms. The molecule has 1 fully saturated rings. The molecule has 27 heavy (non-hydrogen) atoms. The number of carbonyl (C=O) groups is 2. The highest BCUT2D eigenvalue weighted by Gasteiger charge is 2.29. The van der Waals surface area contributed by atoms with Gasteiger partial charge in [0.25, 0.3) is 0 Å². The molecule has 1 saturated carbocycles. The number of hydrogen-bond acceptors (Lipinski definition) is 5. The zero-order chi connectivity index (χ0) is 19.6. The van der Waals surface area contributed by atoms with E-state index >= 15 is 0 Å². The molecule has 7 nitrogen and oxygen atoms in total. The predicted octanol–water partition coefficient (Wildman–Crippen LogP) is 2.60. The van der Waals surface area contributed by atoms with Gasteiger partial charge in [-0.25, -0.2) is 0 Å². The van der Waals surface area contributed by atoms with Crippen molar-refractivity contribution in [2.75, 3.05) is 39.8 Å². The minimum Gasteiger partial charge on any atom is -0.493 e. The van der Waals surface area contributed by atoms with E-state index in [1.54, 1.807) is 39.5 Å². The summed E-state index contributed by atoms with van der Waals surface area (Å²) in [6.45, 7) is 1.27. The van der Waals surface area contributed by atoms with Crippen LogP contribution in [0, 0.1) is 11.8 Å². The second kappa shape index (κ2) is 10.8. The van der Waals surface area contributed by atoms with E-state index in [4.69, 9.17) is 14.2 Å². The number of ether oxygens (including phenoxy) is 3. The molecule has 0 heterocycles. The third-order valence-electron chi connectivity index (χ3n) is 4.94. The van der Waals surface area contributed by atoms with Crippen LogP contribution in [0.3, 0.4) is 0 Å². The molecule has 1 aromatic carbocycles. The Kier molecular flexibility index (Phi) is 8.39. The minimum atomic E-state index is -0.0735. The van der Waals surface area contributed by atoms with E-state index in [0.29, 0.717) is 30.3 Å². The van der Waals surface area contributed by atoms with Gasteiger partial charge in [0.1, 0.15) is 0 Å². The van der Waals surface area contributed by atoms with Crippen molar-refractivity contribution in [3.8, 4) is 11.5 Å². The van der Waals surface area contributed by atoms with Gasteiger partial charge in [0.15, 0.2) is 11.5 Å². The van der Waals surface area contributed by atoms with Crippen LogP contribution >= 0.6 is 0 Å². The van der Waals surface area contributed by atoms with Gasteiger partial charge in [0.05, 0.1) is 14.2 Å². The van der Waals surface area contributed by atoms with Crippen LogP contribution in [0.1, 0.15) is 32.1 Å². The standard InChI is InChI=1S/C20H30N2O5/c1-25-12-4-11-21-19(23)14-5-7-15(8-6-14)20(24)22-16-9-10-17(26-2)18(13-16)27-3/h9-10,13-15H,4-8,11-12H2,1-3H3,(H,21,23)(H,22,24). The summed E-state index contributed by atoms with van der Waals surface area (Å²) in [5.41, 5.74) is 0.677. The molecule has 1 aliphatic rings. The van der Waals surface area contributed by atoms with Crippen LogP contribution in [0.5, 0.6) is 11.5 Å². The molecule has 0 aliphatic heterocycles. The summed E-state index contributed by atoms with van der Waals surface area (Å²) in [5.74, 6) is 1.19. The topological polar surface area (TPSA) is 85.9 Å². The minimum absolute atomic E-state index is 0.00215. The Morgan fingerprint density at radius 1 is 0.963 bits per heavy atom. The van der Waals surface area contributed by atoms with Crippen molar-refractivity contribution in [2.45, 2.75) is 32.1 Å². The SMILES string of the molecule is COCCCNC(=O)C1CCC(C(=O)Nc2ccc(OC)c(OC)c2)CC1. The fourth-order valence-corrected chi connectivity index (χ4v) is 3.35. The summed E-state index contributed by atoms with van der Waals surface area (Å²) in [6, 6.07) is 5.30. The summed E-state index contributed by atoms with van der Waals surface area (Å²) < 4.78 is 15.4. The molecule has 0 aromatic heterocycles. The Balaban J connectivity index is 1.80. The van der Waals surface area contributed by atoms with Crippen LogP contribution in [-0.4, -0.2) is 46.3 Å². The maximum absolute atomic E-state index is 12.5. The van der Waals surface area contributed by atoms with Crippen molar-refractivity contribution in [1.29, 1.82) is 0 Å². The van der Waals surface area contributed by atoms with Crippen molar-refractivity contribution >= 4 is 17.5 Å². The van der Waals surface area contributed by atoms with Gasteiger partial charge >= 0.3 is 0 Å². The molecule has 2 rings (SSSR count). The first-order valence-corrected chi connectivity index (χ1v) is 9.38. The smallest absolute Gasteiger partial charge is 0.227 e. The largest absolute Gasteiger partial charge is 0.493 e. The summed E-state index contributed by atoms with van der Waals surface area (Å²) in [4.78, 5) is 24.7. The molecule has 0 unspecified atom stereocenters. The van der Waals surface area contributed by atoms with Crippen molar-refractivity contribution in [1.82, 2.24) is 5.32 Å². The highest BCUT2D eigenvalue weighted by Crippen LogP contribution is 2.32. The molecular formula is C20H30N2O5. The Bertz CT molecular complexity index is 627. The number of carbonyl (C=O) groups excluding carboxylic acids is 2. The molecule has 7 heteroatoms. The number of nitrogens with one attached hydrogen (secondary N) is 2. The van der Waals surface area contributed by atoms with Crippen molar-refractivity contribution < 1.29 is 23.8 Å². The number of amides is 2. The van der Waals surface area contributed by atoms with Crippen LogP contribution in [0.2, 0.25) is 0 Å². The van der Waals surface area contributed by atoms with E-state index in [0.717, 1.165) is 32.1 Å². The molecular weight excluding hydrogens is 348 g/mol. The number of benzene rings is 1. The van der Waals surface area contributed by atoms with Gasteiger partial charge in [-0.05, 0) is 44.2 Å². The highest BCUT2D eigenvalue weighted by molar-refractivity contribution is 5.93. The summed E-state index contributed by atoms with van der Waals surface area (Å²) in [7, 11) is 4.78. The Hall–Kier alpha value is -2.28. The molecule has 0 radical (unpaired) electrons. The lowest BCUT2D eigenvalue weighted by Crippen LogP contribution is -2.36. The number of anilines is 1. The van der Waals surface area contributed by atoms with Gasteiger partial charge in [-0.1, -0.05) is 0 Å². The molecule has 150 valence electrons. The molecule has 0 saturated heterocycles. The van der Waals surface area contributed by atoms with Gasteiger partial charge in [0, 0.05) is 43.9 Å². The normalized spacial score (nSPS) is 19.2. The van der Waals surface area contributed by atoms with E-state index in [9.17, 15) is 9.59 Å². The van der Waals surface area contributed by atoms with Crippen LogP contribution in [0.15, 0.2) is 18.2 Å². The fourth-order valence-electron chi connectivity index (χ4n) is 3.35. The van der Waals surface area contributed by atoms with Gasteiger partial charge in [-0.2, -0.15) is 0 Å². The predicted molar refractivity (Wildman–Crippen MR) is 103 cm³/mol. The Labute approximate surface area is 160 Å². The quantitative estimate of drug-likeness (QED) is 0.645. The maximum Gasteiger partial charge on any atom is 0.227 e. The summed E-state index contributed by atoms with van der Waals surface area (Å²) in [6.07, 6.45) is 3.72. The van der Waals surface area contributed by atoms with Crippen LogP contribution in [0.25, 0.3) is 0 Å². The third kappa shape index (κ3) is 6.13. The van der Waals surface area contributed by atoms with Gasteiger partial charge in [-0.15, -0.1) is 0 Å². The van der Waals surface area contributed by atoms with Crippen molar-refractivity contribution in [3.05, 3.63) is 18.2 Å². The lowest BCUT2D eigenvalue weighted by Gasteiger charge is -2.27. The molecule has 2 N–H and O–H groups in total. The van der Waals surface area contributed by atoms with E-state index in [2.05, 4.69) is 10.6 Å². The van der Waals surface area contributed by atoms with E-state index in [1.807, 2.05) is 0 Å². The fraction of sp³-hybridized carbons (Fsp3) is 0.600. The van der Waals surface area contributed by atoms with Crippen molar-refractivity contribution in [2.24, 2.45) is 11.8 Å². The highest BCUT2D eigenvalue weighted by atomic mass is 16.5. The van der Waals surface area contributed by atoms with Crippen molar-refractivity contribution in [3.63, 3.8) is 0 Å². The van der Waals surface area contributed by atoms with E-state index in [-0.39, 0.29) is 23.7 Å². The zero-order valence-corrected chi connectivity index (χ0v) is 16.4. The molecule has 1 aromatic rings. The van der Waals surface area contributed by atoms with Crippen LogP contribution in [0.4, 0.5) is 5.69 Å². The zero-order valence-electron chi connectivity index (χ0n) is 16.4. The first-order chi connectivity index (χ1) is 13.1. The lowest BCUT2D eigenvalue weighted by atomic mass is 9.81. The van der Waals surface area contributed by atoms with Gasteiger partial charge in [-0.3, -0.25) is 9.59 Å². The first kappa shape index (κ1) is 21.0. The average Bonchev–Trinajstić information content (AvgIpc) is 2.71. The summed E-state index contributed by atoms with van der Waals surface area (Å²) in [5, 5.41) is 5.89. The van der Waals surface area contributed by atoms with E-state index in [1.165, 1.54) is 0 Å². The second-order valence-corrected chi connectivity index (χ2v) is 6.74. The average molecular weight is 378 g/mol. The molecule has 0 atom stereocenters. The molecule has 1 aliphatic carbocycles. The number of rotatable bonds is 9. The van der Waals surface area contributed by atoms with Crippen LogP contribution in [-0.2, 0) is 14.3 Å². The third-order valence-corrected chi connectivity index (χ3v) is 4.94. The number of hydrogen-bond donors (Lipinski definition) is 2. The van der Waals surface area contributed by atoms with E-state index < -0.39 is 0 Å². The van der Waals surface area contributed by atoms with Gasteiger partial charge < -0.3 is 24.8 Å².